The minimum atomic E-state index is 0.0983. The van der Waals surface area contributed by atoms with Crippen LogP contribution in [0.4, 0.5) is 5.69 Å². The number of amides is 1. The van der Waals surface area contributed by atoms with Crippen molar-refractivity contribution in [2.75, 3.05) is 18.6 Å². The second-order valence-corrected chi connectivity index (χ2v) is 5.53. The van der Waals surface area contributed by atoms with E-state index >= 15 is 0 Å². The second-order valence-electron chi connectivity index (χ2n) is 5.10. The van der Waals surface area contributed by atoms with Gasteiger partial charge in [0.25, 0.3) is 0 Å². The van der Waals surface area contributed by atoms with E-state index in [1.807, 2.05) is 47.4 Å². The number of carbonyl (C=O) groups excluding carboxylic acids is 1. The summed E-state index contributed by atoms with van der Waals surface area (Å²) in [5.74, 6) is 0.930. The van der Waals surface area contributed by atoms with Gasteiger partial charge >= 0.3 is 0 Å². The first-order chi connectivity index (χ1) is 10.2. The predicted octanol–water partition coefficient (Wildman–Crippen LogP) is 3.48. The van der Waals surface area contributed by atoms with Crippen molar-refractivity contribution in [1.82, 2.24) is 0 Å². The maximum absolute atomic E-state index is 12.5. The van der Waals surface area contributed by atoms with Crippen molar-refractivity contribution in [3.8, 4) is 5.75 Å². The van der Waals surface area contributed by atoms with Crippen LogP contribution in [0.2, 0.25) is 5.02 Å². The summed E-state index contributed by atoms with van der Waals surface area (Å²) in [5.41, 5.74) is 3.09. The number of halogens is 1. The lowest BCUT2D eigenvalue weighted by Crippen LogP contribution is -2.30. The van der Waals surface area contributed by atoms with Crippen molar-refractivity contribution in [2.24, 2.45) is 0 Å². The van der Waals surface area contributed by atoms with Crippen molar-refractivity contribution < 1.29 is 9.53 Å². The molecule has 1 amide bonds. The molecule has 0 aromatic heterocycles. The van der Waals surface area contributed by atoms with E-state index in [9.17, 15) is 4.79 Å². The van der Waals surface area contributed by atoms with Gasteiger partial charge in [-0.05, 0) is 47.9 Å². The fourth-order valence-corrected chi connectivity index (χ4v) is 2.89. The van der Waals surface area contributed by atoms with E-state index in [0.717, 1.165) is 35.5 Å². The minimum absolute atomic E-state index is 0.0983. The van der Waals surface area contributed by atoms with Crippen molar-refractivity contribution in [3.05, 3.63) is 58.6 Å². The Kier molecular flexibility index (Phi) is 3.84. The molecule has 2 aromatic carbocycles. The van der Waals surface area contributed by atoms with Gasteiger partial charge in [-0.2, -0.15) is 0 Å². The van der Waals surface area contributed by atoms with E-state index < -0.39 is 0 Å². The summed E-state index contributed by atoms with van der Waals surface area (Å²) in [6.45, 7) is 0.724. The Morgan fingerprint density at radius 2 is 2.14 bits per heavy atom. The van der Waals surface area contributed by atoms with Gasteiger partial charge in [-0.3, -0.25) is 4.79 Å². The van der Waals surface area contributed by atoms with Crippen LogP contribution < -0.4 is 9.64 Å². The van der Waals surface area contributed by atoms with Crippen molar-refractivity contribution in [1.29, 1.82) is 0 Å². The number of ether oxygens (including phenoxy) is 1. The quantitative estimate of drug-likeness (QED) is 0.868. The molecule has 0 fully saturated rings. The zero-order valence-electron chi connectivity index (χ0n) is 11.8. The highest BCUT2D eigenvalue weighted by atomic mass is 35.5. The molecule has 0 atom stereocenters. The smallest absolute Gasteiger partial charge is 0.231 e. The SMILES string of the molecule is COc1ccc2c(c1)CCN2C(=O)Cc1cccc(Cl)c1. The monoisotopic (exact) mass is 301 g/mol. The van der Waals surface area contributed by atoms with E-state index in [4.69, 9.17) is 16.3 Å². The molecule has 0 saturated carbocycles. The molecule has 0 unspecified atom stereocenters. The standard InChI is InChI=1S/C17H16ClNO2/c1-21-15-5-6-16-13(11-15)7-8-19(16)17(20)10-12-3-2-4-14(18)9-12/h2-6,9,11H,7-8,10H2,1H3. The number of hydrogen-bond acceptors (Lipinski definition) is 2. The Hall–Kier alpha value is -2.00. The summed E-state index contributed by atoms with van der Waals surface area (Å²) >= 11 is 5.96. The Morgan fingerprint density at radius 3 is 2.90 bits per heavy atom. The number of methoxy groups -OCH3 is 1. The predicted molar refractivity (Wildman–Crippen MR) is 84.2 cm³/mol. The summed E-state index contributed by atoms with van der Waals surface area (Å²) in [4.78, 5) is 14.3. The molecule has 0 radical (unpaired) electrons. The van der Waals surface area contributed by atoms with Crippen LogP contribution in [0.3, 0.4) is 0 Å². The van der Waals surface area contributed by atoms with Crippen LogP contribution in [0.1, 0.15) is 11.1 Å². The first-order valence-electron chi connectivity index (χ1n) is 6.89. The van der Waals surface area contributed by atoms with E-state index in [-0.39, 0.29) is 5.91 Å². The lowest BCUT2D eigenvalue weighted by atomic mass is 10.1. The van der Waals surface area contributed by atoms with Gasteiger partial charge in [0.1, 0.15) is 5.75 Å². The molecule has 0 bridgehead atoms. The third-order valence-electron chi connectivity index (χ3n) is 3.73. The third kappa shape index (κ3) is 2.88. The number of rotatable bonds is 3. The molecule has 1 heterocycles. The van der Waals surface area contributed by atoms with Gasteiger partial charge in [0.05, 0.1) is 13.5 Å². The fraction of sp³-hybridized carbons (Fsp3) is 0.235. The van der Waals surface area contributed by atoms with Crippen molar-refractivity contribution in [3.63, 3.8) is 0 Å². The van der Waals surface area contributed by atoms with Gasteiger partial charge in [0, 0.05) is 17.3 Å². The Bertz CT molecular complexity index is 684. The third-order valence-corrected chi connectivity index (χ3v) is 3.96. The molecule has 3 nitrogen and oxygen atoms in total. The molecule has 1 aliphatic rings. The first kappa shape index (κ1) is 14.0. The summed E-state index contributed by atoms with van der Waals surface area (Å²) in [6.07, 6.45) is 1.24. The average Bonchev–Trinajstić information content (AvgIpc) is 2.90. The molecule has 0 N–H and O–H groups in total. The van der Waals surface area contributed by atoms with Crippen LogP contribution in [0.25, 0.3) is 0 Å². The summed E-state index contributed by atoms with van der Waals surface area (Å²) in [7, 11) is 1.65. The van der Waals surface area contributed by atoms with E-state index in [0.29, 0.717) is 11.4 Å². The number of carbonyl (C=O) groups is 1. The summed E-state index contributed by atoms with van der Waals surface area (Å²) < 4.78 is 5.23. The maximum atomic E-state index is 12.5. The van der Waals surface area contributed by atoms with Crippen LogP contribution >= 0.6 is 11.6 Å². The van der Waals surface area contributed by atoms with Crippen LogP contribution in [0.15, 0.2) is 42.5 Å². The molecule has 0 aliphatic carbocycles. The largest absolute Gasteiger partial charge is 0.497 e. The summed E-state index contributed by atoms with van der Waals surface area (Å²) in [5, 5.41) is 0.659. The molecule has 0 spiro atoms. The number of anilines is 1. The van der Waals surface area contributed by atoms with Gasteiger partial charge in [-0.15, -0.1) is 0 Å². The Morgan fingerprint density at radius 1 is 1.29 bits per heavy atom. The molecular weight excluding hydrogens is 286 g/mol. The fourth-order valence-electron chi connectivity index (χ4n) is 2.68. The molecular formula is C17H16ClNO2. The van der Waals surface area contributed by atoms with E-state index in [1.165, 1.54) is 0 Å². The Labute approximate surface area is 129 Å². The summed E-state index contributed by atoms with van der Waals surface area (Å²) in [6, 6.07) is 13.3. The second kappa shape index (κ2) is 5.78. The molecule has 2 aromatic rings. The Balaban J connectivity index is 1.79. The van der Waals surface area contributed by atoms with Crippen molar-refractivity contribution in [2.45, 2.75) is 12.8 Å². The lowest BCUT2D eigenvalue weighted by molar-refractivity contribution is -0.117. The maximum Gasteiger partial charge on any atom is 0.231 e. The normalized spacial score (nSPS) is 13.1. The molecule has 21 heavy (non-hydrogen) atoms. The van der Waals surface area contributed by atoms with Crippen LogP contribution in [-0.2, 0) is 17.6 Å². The van der Waals surface area contributed by atoms with Gasteiger partial charge in [0.2, 0.25) is 5.91 Å². The van der Waals surface area contributed by atoms with Gasteiger partial charge < -0.3 is 9.64 Å². The number of fused-ring (bicyclic) bond motifs is 1. The van der Waals surface area contributed by atoms with Crippen LogP contribution in [-0.4, -0.2) is 19.6 Å². The lowest BCUT2D eigenvalue weighted by Gasteiger charge is -2.17. The zero-order valence-corrected chi connectivity index (χ0v) is 12.6. The molecule has 3 rings (SSSR count). The minimum Gasteiger partial charge on any atom is -0.497 e. The van der Waals surface area contributed by atoms with Gasteiger partial charge in [-0.1, -0.05) is 23.7 Å². The van der Waals surface area contributed by atoms with E-state index in [2.05, 4.69) is 0 Å². The van der Waals surface area contributed by atoms with Crippen molar-refractivity contribution >= 4 is 23.2 Å². The number of nitrogens with zero attached hydrogens (tertiary/aromatic N) is 1. The molecule has 1 aliphatic heterocycles. The topological polar surface area (TPSA) is 29.5 Å². The van der Waals surface area contributed by atoms with Crippen LogP contribution in [0.5, 0.6) is 5.75 Å². The van der Waals surface area contributed by atoms with E-state index in [1.54, 1.807) is 7.11 Å². The molecule has 4 heteroatoms. The highest BCUT2D eigenvalue weighted by Gasteiger charge is 2.24. The highest BCUT2D eigenvalue weighted by molar-refractivity contribution is 6.30. The van der Waals surface area contributed by atoms with Crippen LogP contribution in [0, 0.1) is 0 Å². The average molecular weight is 302 g/mol. The van der Waals surface area contributed by atoms with Gasteiger partial charge in [0.15, 0.2) is 0 Å². The number of benzene rings is 2. The highest BCUT2D eigenvalue weighted by Crippen LogP contribution is 2.31. The van der Waals surface area contributed by atoms with Gasteiger partial charge in [-0.25, -0.2) is 0 Å². The molecule has 108 valence electrons. The first-order valence-corrected chi connectivity index (χ1v) is 7.27. The molecule has 0 saturated heterocycles. The zero-order chi connectivity index (χ0) is 14.8. The number of hydrogen-bond donors (Lipinski definition) is 0.